The molecule has 0 aromatic heterocycles. The van der Waals surface area contributed by atoms with Crippen LogP contribution in [-0.2, 0) is 20.0 Å². The minimum Gasteiger partial charge on any atom is -0.376 e. The zero-order valence-corrected chi connectivity index (χ0v) is 16.7. The predicted molar refractivity (Wildman–Crippen MR) is 113 cm³/mol. The van der Waals surface area contributed by atoms with Crippen LogP contribution in [0.25, 0.3) is 0 Å². The number of amides is 2. The summed E-state index contributed by atoms with van der Waals surface area (Å²) in [6.07, 6.45) is 10.2. The quantitative estimate of drug-likeness (QED) is 0.755. The maximum absolute atomic E-state index is 12.4. The minimum atomic E-state index is -1.40. The molecule has 2 aliphatic rings. The standard InChI is InChI=1S/C25H21NO5/c27-22-16-17-23(28)26(22)31-24(29)18-12-14-21(15-13-18)25(30,20-10-6-3-7-11-20)19-8-4-1-2-5-9-19/h1-8,10-15,30H,9,16-17H2. The van der Waals surface area contributed by atoms with E-state index in [-0.39, 0.29) is 18.4 Å². The van der Waals surface area contributed by atoms with Crippen LogP contribution in [-0.4, -0.2) is 28.0 Å². The maximum atomic E-state index is 12.4. The molecule has 156 valence electrons. The number of hydroxylamine groups is 2. The lowest BCUT2D eigenvalue weighted by atomic mass is 9.78. The van der Waals surface area contributed by atoms with E-state index in [2.05, 4.69) is 0 Å². The van der Waals surface area contributed by atoms with Crippen molar-refractivity contribution in [2.45, 2.75) is 24.9 Å². The van der Waals surface area contributed by atoms with Crippen LogP contribution in [0.2, 0.25) is 0 Å². The molecule has 1 atom stereocenters. The van der Waals surface area contributed by atoms with Crippen LogP contribution in [0.5, 0.6) is 0 Å². The molecule has 1 saturated heterocycles. The summed E-state index contributed by atoms with van der Waals surface area (Å²) in [4.78, 5) is 40.7. The van der Waals surface area contributed by atoms with Gasteiger partial charge >= 0.3 is 5.97 Å². The third-order valence-electron chi connectivity index (χ3n) is 5.37. The summed E-state index contributed by atoms with van der Waals surface area (Å²) in [5.74, 6) is -1.87. The highest BCUT2D eigenvalue weighted by Gasteiger charge is 2.36. The third kappa shape index (κ3) is 3.98. The summed E-state index contributed by atoms with van der Waals surface area (Å²) in [6, 6.07) is 15.6. The summed E-state index contributed by atoms with van der Waals surface area (Å²) >= 11 is 0. The van der Waals surface area contributed by atoms with Gasteiger partial charge in [0.25, 0.3) is 11.8 Å². The van der Waals surface area contributed by atoms with Crippen LogP contribution in [0, 0.1) is 0 Å². The SMILES string of the molecule is O=C(ON1C(=O)CCC1=O)c1ccc(C(O)(C2=CC=CC=CC2)c2ccccc2)cc1. The van der Waals surface area contributed by atoms with Gasteiger partial charge in [-0.05, 0) is 35.3 Å². The Bertz CT molecular complexity index is 1080. The lowest BCUT2D eigenvalue weighted by molar-refractivity contribution is -0.172. The molecule has 2 aromatic carbocycles. The average Bonchev–Trinajstić information content (AvgIpc) is 3.00. The number of nitrogens with zero attached hydrogens (tertiary/aromatic N) is 1. The van der Waals surface area contributed by atoms with E-state index < -0.39 is 23.4 Å². The normalized spacial score (nSPS) is 17.8. The number of allylic oxidation sites excluding steroid dienone is 5. The Morgan fingerprint density at radius 1 is 0.871 bits per heavy atom. The molecule has 1 fully saturated rings. The molecule has 1 N–H and O–H groups in total. The average molecular weight is 415 g/mol. The van der Waals surface area contributed by atoms with E-state index in [0.29, 0.717) is 22.6 Å². The summed E-state index contributed by atoms with van der Waals surface area (Å²) < 4.78 is 0. The number of rotatable bonds is 5. The summed E-state index contributed by atoms with van der Waals surface area (Å²) in [5.41, 5.74) is 0.838. The molecule has 0 radical (unpaired) electrons. The molecule has 2 amide bonds. The third-order valence-corrected chi connectivity index (χ3v) is 5.37. The van der Waals surface area contributed by atoms with Crippen molar-refractivity contribution in [3.8, 4) is 0 Å². The maximum Gasteiger partial charge on any atom is 0.363 e. The van der Waals surface area contributed by atoms with Gasteiger partial charge in [0.2, 0.25) is 0 Å². The first-order valence-electron chi connectivity index (χ1n) is 9.99. The van der Waals surface area contributed by atoms with Gasteiger partial charge in [0.1, 0.15) is 5.60 Å². The van der Waals surface area contributed by atoms with Gasteiger partial charge in [-0.2, -0.15) is 0 Å². The molecule has 0 bridgehead atoms. The highest BCUT2D eigenvalue weighted by atomic mass is 16.7. The molecule has 1 unspecified atom stereocenters. The van der Waals surface area contributed by atoms with Gasteiger partial charge in [-0.1, -0.05) is 72.8 Å². The van der Waals surface area contributed by atoms with Crippen LogP contribution in [0.4, 0.5) is 0 Å². The van der Waals surface area contributed by atoms with E-state index in [1.54, 1.807) is 12.1 Å². The summed E-state index contributed by atoms with van der Waals surface area (Å²) in [7, 11) is 0. The number of hydrogen-bond acceptors (Lipinski definition) is 5. The number of benzene rings is 2. The van der Waals surface area contributed by atoms with Gasteiger partial charge in [0, 0.05) is 12.8 Å². The predicted octanol–water partition coefficient (Wildman–Crippen LogP) is 3.59. The van der Waals surface area contributed by atoms with Crippen LogP contribution in [0.15, 0.2) is 90.6 Å². The van der Waals surface area contributed by atoms with Gasteiger partial charge in [-0.15, -0.1) is 5.06 Å². The lowest BCUT2D eigenvalue weighted by Gasteiger charge is -2.32. The molecule has 1 aliphatic heterocycles. The monoisotopic (exact) mass is 415 g/mol. The number of aliphatic hydroxyl groups is 1. The fraction of sp³-hybridized carbons (Fsp3) is 0.160. The van der Waals surface area contributed by atoms with Gasteiger partial charge in [0.15, 0.2) is 0 Å². The molecule has 31 heavy (non-hydrogen) atoms. The highest BCUT2D eigenvalue weighted by molar-refractivity contribution is 6.02. The largest absolute Gasteiger partial charge is 0.376 e. The van der Waals surface area contributed by atoms with Crippen LogP contribution in [0.1, 0.15) is 40.7 Å². The van der Waals surface area contributed by atoms with E-state index in [9.17, 15) is 19.5 Å². The molecule has 6 heteroatoms. The first kappa shape index (κ1) is 20.5. The van der Waals surface area contributed by atoms with Crippen LogP contribution in [0.3, 0.4) is 0 Å². The summed E-state index contributed by atoms with van der Waals surface area (Å²) in [6.45, 7) is 0. The first-order valence-corrected chi connectivity index (χ1v) is 9.99. The molecular formula is C25H21NO5. The van der Waals surface area contributed by atoms with E-state index in [0.717, 1.165) is 5.57 Å². The van der Waals surface area contributed by atoms with Gasteiger partial charge in [-0.3, -0.25) is 9.59 Å². The highest BCUT2D eigenvalue weighted by Crippen LogP contribution is 2.39. The second kappa shape index (κ2) is 8.53. The molecule has 2 aromatic rings. The van der Waals surface area contributed by atoms with Crippen molar-refractivity contribution in [1.82, 2.24) is 5.06 Å². The number of imide groups is 1. The van der Waals surface area contributed by atoms with Gasteiger partial charge in [0.05, 0.1) is 5.56 Å². The van der Waals surface area contributed by atoms with Crippen molar-refractivity contribution in [3.63, 3.8) is 0 Å². The van der Waals surface area contributed by atoms with Crippen LogP contribution < -0.4 is 0 Å². The van der Waals surface area contributed by atoms with Crippen molar-refractivity contribution in [1.29, 1.82) is 0 Å². The fourth-order valence-electron chi connectivity index (χ4n) is 3.70. The molecule has 0 saturated carbocycles. The van der Waals surface area contributed by atoms with E-state index in [4.69, 9.17) is 4.84 Å². The Kier molecular flexibility index (Phi) is 5.64. The second-order valence-electron chi connectivity index (χ2n) is 7.32. The Morgan fingerprint density at radius 2 is 1.52 bits per heavy atom. The Labute approximate surface area is 179 Å². The topological polar surface area (TPSA) is 83.9 Å². The molecular weight excluding hydrogens is 394 g/mol. The van der Waals surface area contributed by atoms with Gasteiger partial charge in [-0.25, -0.2) is 4.79 Å². The van der Waals surface area contributed by atoms with E-state index in [1.807, 2.05) is 60.7 Å². The van der Waals surface area contributed by atoms with Crippen molar-refractivity contribution < 1.29 is 24.3 Å². The first-order chi connectivity index (χ1) is 15.0. The second-order valence-corrected chi connectivity index (χ2v) is 7.32. The van der Waals surface area contributed by atoms with Crippen molar-refractivity contribution in [2.24, 2.45) is 0 Å². The zero-order chi connectivity index (χ0) is 21.8. The Balaban J connectivity index is 1.66. The lowest BCUT2D eigenvalue weighted by Crippen LogP contribution is -2.32. The van der Waals surface area contributed by atoms with E-state index in [1.165, 1.54) is 12.1 Å². The molecule has 6 nitrogen and oxygen atoms in total. The van der Waals surface area contributed by atoms with E-state index >= 15 is 0 Å². The molecule has 1 heterocycles. The number of carbonyl (C=O) groups excluding carboxylic acids is 3. The number of hydrogen-bond donors (Lipinski definition) is 1. The smallest absolute Gasteiger partial charge is 0.363 e. The Morgan fingerprint density at radius 3 is 2.19 bits per heavy atom. The molecule has 0 spiro atoms. The van der Waals surface area contributed by atoms with Crippen molar-refractivity contribution >= 4 is 17.8 Å². The fourth-order valence-corrected chi connectivity index (χ4v) is 3.70. The zero-order valence-electron chi connectivity index (χ0n) is 16.7. The Hall–Kier alpha value is -3.77. The van der Waals surface area contributed by atoms with Gasteiger partial charge < -0.3 is 9.94 Å². The van der Waals surface area contributed by atoms with Crippen molar-refractivity contribution in [3.05, 3.63) is 107 Å². The van der Waals surface area contributed by atoms with Crippen LogP contribution >= 0.6 is 0 Å². The minimum absolute atomic E-state index is 0.0349. The summed E-state index contributed by atoms with van der Waals surface area (Å²) in [5, 5.41) is 12.4. The molecule has 4 rings (SSSR count). The van der Waals surface area contributed by atoms with Crippen molar-refractivity contribution in [2.75, 3.05) is 0 Å². The molecule has 1 aliphatic carbocycles. The number of carbonyl (C=O) groups is 3.